The zero-order chi connectivity index (χ0) is 10.4. The summed E-state index contributed by atoms with van der Waals surface area (Å²) in [5.41, 5.74) is 7.20. The Hall–Kier alpha value is -1.53. The van der Waals surface area contributed by atoms with Gasteiger partial charge in [0.2, 0.25) is 0 Å². The molecule has 3 nitrogen and oxygen atoms in total. The SMILES string of the molecule is CN(CCCN)c1cccc(C#N)c1. The van der Waals surface area contributed by atoms with Crippen molar-refractivity contribution in [2.24, 2.45) is 5.73 Å². The first kappa shape index (κ1) is 10.6. The topological polar surface area (TPSA) is 53.0 Å². The zero-order valence-electron chi connectivity index (χ0n) is 8.40. The summed E-state index contributed by atoms with van der Waals surface area (Å²) in [4.78, 5) is 2.10. The molecule has 0 aliphatic heterocycles. The van der Waals surface area contributed by atoms with Crippen LogP contribution in [0.4, 0.5) is 5.69 Å². The average Bonchev–Trinajstić information content (AvgIpc) is 2.26. The summed E-state index contributed by atoms with van der Waals surface area (Å²) >= 11 is 0. The van der Waals surface area contributed by atoms with Crippen molar-refractivity contribution in [3.63, 3.8) is 0 Å². The van der Waals surface area contributed by atoms with E-state index >= 15 is 0 Å². The minimum Gasteiger partial charge on any atom is -0.375 e. The predicted octanol–water partition coefficient (Wildman–Crippen LogP) is 1.34. The number of anilines is 1. The highest BCUT2D eigenvalue weighted by Crippen LogP contribution is 2.14. The average molecular weight is 189 g/mol. The Balaban J connectivity index is 2.70. The Morgan fingerprint density at radius 3 is 2.93 bits per heavy atom. The molecule has 0 atom stereocenters. The molecule has 1 rings (SSSR count). The fourth-order valence-corrected chi connectivity index (χ4v) is 1.27. The van der Waals surface area contributed by atoms with Gasteiger partial charge in [0.1, 0.15) is 0 Å². The van der Waals surface area contributed by atoms with Crippen molar-refractivity contribution >= 4 is 5.69 Å². The highest BCUT2D eigenvalue weighted by molar-refractivity contribution is 5.50. The zero-order valence-corrected chi connectivity index (χ0v) is 8.40. The molecule has 0 amide bonds. The van der Waals surface area contributed by atoms with Gasteiger partial charge in [0.05, 0.1) is 11.6 Å². The van der Waals surface area contributed by atoms with Crippen molar-refractivity contribution in [1.29, 1.82) is 5.26 Å². The molecule has 2 N–H and O–H groups in total. The molecule has 1 aromatic carbocycles. The van der Waals surface area contributed by atoms with Gasteiger partial charge in [-0.05, 0) is 31.2 Å². The maximum Gasteiger partial charge on any atom is 0.0992 e. The molecule has 14 heavy (non-hydrogen) atoms. The predicted molar refractivity (Wildman–Crippen MR) is 58.1 cm³/mol. The van der Waals surface area contributed by atoms with Gasteiger partial charge in [-0.2, -0.15) is 5.26 Å². The van der Waals surface area contributed by atoms with Crippen LogP contribution in [-0.4, -0.2) is 20.1 Å². The van der Waals surface area contributed by atoms with Gasteiger partial charge >= 0.3 is 0 Å². The Labute approximate surface area is 84.7 Å². The number of nitrogens with zero attached hydrogens (tertiary/aromatic N) is 2. The fourth-order valence-electron chi connectivity index (χ4n) is 1.27. The number of hydrogen-bond donors (Lipinski definition) is 1. The first-order valence-corrected chi connectivity index (χ1v) is 4.69. The van der Waals surface area contributed by atoms with E-state index < -0.39 is 0 Å². The second-order valence-electron chi connectivity index (χ2n) is 3.23. The number of hydrogen-bond acceptors (Lipinski definition) is 3. The lowest BCUT2D eigenvalue weighted by molar-refractivity contribution is 0.795. The molecular weight excluding hydrogens is 174 g/mol. The Bertz CT molecular complexity index is 328. The van der Waals surface area contributed by atoms with E-state index in [1.807, 2.05) is 25.2 Å². The van der Waals surface area contributed by atoms with E-state index in [1.165, 1.54) is 0 Å². The first-order valence-electron chi connectivity index (χ1n) is 4.69. The minimum absolute atomic E-state index is 0.696. The van der Waals surface area contributed by atoms with Crippen molar-refractivity contribution in [1.82, 2.24) is 0 Å². The minimum atomic E-state index is 0.696. The van der Waals surface area contributed by atoms with Gasteiger partial charge in [-0.1, -0.05) is 6.07 Å². The van der Waals surface area contributed by atoms with E-state index in [0.717, 1.165) is 18.7 Å². The van der Waals surface area contributed by atoms with Crippen LogP contribution in [0.2, 0.25) is 0 Å². The van der Waals surface area contributed by atoms with Crippen molar-refractivity contribution in [3.8, 4) is 6.07 Å². The van der Waals surface area contributed by atoms with Crippen LogP contribution in [0, 0.1) is 11.3 Å². The quantitative estimate of drug-likeness (QED) is 0.777. The van der Waals surface area contributed by atoms with Crippen molar-refractivity contribution in [2.45, 2.75) is 6.42 Å². The summed E-state index contributed by atoms with van der Waals surface area (Å²) in [5, 5.41) is 8.73. The summed E-state index contributed by atoms with van der Waals surface area (Å²) in [6.45, 7) is 1.62. The molecule has 0 heterocycles. The van der Waals surface area contributed by atoms with Crippen molar-refractivity contribution < 1.29 is 0 Å². The van der Waals surface area contributed by atoms with Crippen molar-refractivity contribution in [3.05, 3.63) is 29.8 Å². The largest absolute Gasteiger partial charge is 0.375 e. The molecule has 0 spiro atoms. The standard InChI is InChI=1S/C11H15N3/c1-14(7-3-6-12)11-5-2-4-10(8-11)9-13/h2,4-5,8H,3,6-7,12H2,1H3. The van der Waals surface area contributed by atoms with E-state index in [1.54, 1.807) is 6.07 Å². The van der Waals surface area contributed by atoms with Crippen LogP contribution in [0.3, 0.4) is 0 Å². The molecule has 0 bridgehead atoms. The Kier molecular flexibility index (Phi) is 3.96. The third-order valence-electron chi connectivity index (χ3n) is 2.11. The van der Waals surface area contributed by atoms with Crippen LogP contribution in [0.1, 0.15) is 12.0 Å². The van der Waals surface area contributed by atoms with E-state index in [2.05, 4.69) is 11.0 Å². The highest BCUT2D eigenvalue weighted by atomic mass is 15.1. The Morgan fingerprint density at radius 1 is 1.50 bits per heavy atom. The monoisotopic (exact) mass is 189 g/mol. The summed E-state index contributed by atoms with van der Waals surface area (Å²) in [5.74, 6) is 0. The lowest BCUT2D eigenvalue weighted by Crippen LogP contribution is -2.20. The van der Waals surface area contributed by atoms with E-state index in [9.17, 15) is 0 Å². The molecule has 0 unspecified atom stereocenters. The normalized spacial score (nSPS) is 9.50. The van der Waals surface area contributed by atoms with Gasteiger partial charge < -0.3 is 10.6 Å². The van der Waals surface area contributed by atoms with Gasteiger partial charge in [0, 0.05) is 19.3 Å². The third kappa shape index (κ3) is 2.75. The summed E-state index contributed by atoms with van der Waals surface area (Å²) in [6, 6.07) is 9.71. The van der Waals surface area contributed by atoms with Crippen LogP contribution in [0.5, 0.6) is 0 Å². The molecule has 0 saturated carbocycles. The second kappa shape index (κ2) is 5.25. The number of rotatable bonds is 4. The summed E-state index contributed by atoms with van der Waals surface area (Å²) < 4.78 is 0. The molecule has 0 aromatic heterocycles. The lowest BCUT2D eigenvalue weighted by atomic mass is 10.2. The number of nitrogens with two attached hydrogens (primary N) is 1. The second-order valence-corrected chi connectivity index (χ2v) is 3.23. The smallest absolute Gasteiger partial charge is 0.0992 e. The van der Waals surface area contributed by atoms with E-state index in [0.29, 0.717) is 12.1 Å². The number of benzene rings is 1. The molecule has 0 radical (unpaired) electrons. The third-order valence-corrected chi connectivity index (χ3v) is 2.11. The van der Waals surface area contributed by atoms with Crippen LogP contribution in [-0.2, 0) is 0 Å². The maximum absolute atomic E-state index is 8.73. The molecule has 0 saturated heterocycles. The van der Waals surface area contributed by atoms with Crippen LogP contribution in [0.25, 0.3) is 0 Å². The molecule has 74 valence electrons. The van der Waals surface area contributed by atoms with Gasteiger partial charge in [-0.25, -0.2) is 0 Å². The van der Waals surface area contributed by atoms with Crippen LogP contribution in [0.15, 0.2) is 24.3 Å². The molecule has 0 aliphatic rings. The van der Waals surface area contributed by atoms with Crippen LogP contribution >= 0.6 is 0 Å². The van der Waals surface area contributed by atoms with Crippen molar-refractivity contribution in [2.75, 3.05) is 25.0 Å². The van der Waals surface area contributed by atoms with Gasteiger partial charge in [-0.15, -0.1) is 0 Å². The highest BCUT2D eigenvalue weighted by Gasteiger charge is 2.00. The van der Waals surface area contributed by atoms with E-state index in [4.69, 9.17) is 11.0 Å². The Morgan fingerprint density at radius 2 is 2.29 bits per heavy atom. The molecule has 0 aliphatic carbocycles. The lowest BCUT2D eigenvalue weighted by Gasteiger charge is -2.18. The maximum atomic E-state index is 8.73. The fraction of sp³-hybridized carbons (Fsp3) is 0.364. The number of nitriles is 1. The van der Waals surface area contributed by atoms with Gasteiger partial charge in [0.15, 0.2) is 0 Å². The molecule has 3 heteroatoms. The first-order chi connectivity index (χ1) is 6.77. The van der Waals surface area contributed by atoms with E-state index in [-0.39, 0.29) is 0 Å². The molecule has 1 aromatic rings. The van der Waals surface area contributed by atoms with Crippen LogP contribution < -0.4 is 10.6 Å². The van der Waals surface area contributed by atoms with Gasteiger partial charge in [-0.3, -0.25) is 0 Å². The summed E-state index contributed by atoms with van der Waals surface area (Å²) in [6.07, 6.45) is 0.966. The molecule has 0 fully saturated rings. The molecular formula is C11H15N3. The summed E-state index contributed by atoms with van der Waals surface area (Å²) in [7, 11) is 2.01. The van der Waals surface area contributed by atoms with Gasteiger partial charge in [0.25, 0.3) is 0 Å².